The van der Waals surface area contributed by atoms with Crippen LogP contribution in [0.4, 0.5) is 0 Å². The van der Waals surface area contributed by atoms with Crippen LogP contribution in [0, 0.1) is 11.3 Å². The fourth-order valence-corrected chi connectivity index (χ4v) is 4.09. The Labute approximate surface area is 181 Å². The van der Waals surface area contributed by atoms with Gasteiger partial charge in [-0.15, -0.1) is 0 Å². The molecule has 0 saturated heterocycles. The molecule has 2 rings (SSSR count). The van der Waals surface area contributed by atoms with Gasteiger partial charge in [0.05, 0.1) is 6.26 Å². The standard InChI is InChI=1S/C24H33NO4S/c1-19(16-24(2,3)4)15-23(26)25(17-20-9-7-6-8-10-20)18-21-11-13-22(14-12-21)29-30(5,27)28/h6-14,19H,15-18H2,1-5H3/t19-/m1/s1. The van der Waals surface area contributed by atoms with Crippen molar-refractivity contribution in [2.45, 2.75) is 53.6 Å². The van der Waals surface area contributed by atoms with Gasteiger partial charge in [0.15, 0.2) is 0 Å². The highest BCUT2D eigenvalue weighted by molar-refractivity contribution is 7.86. The van der Waals surface area contributed by atoms with Gasteiger partial charge in [0.1, 0.15) is 5.75 Å². The van der Waals surface area contributed by atoms with E-state index in [0.29, 0.717) is 25.4 Å². The highest BCUT2D eigenvalue weighted by atomic mass is 32.2. The third-order valence-corrected chi connectivity index (χ3v) is 5.09. The summed E-state index contributed by atoms with van der Waals surface area (Å²) in [5.74, 6) is 0.675. The van der Waals surface area contributed by atoms with E-state index in [9.17, 15) is 13.2 Å². The summed E-state index contributed by atoms with van der Waals surface area (Å²) >= 11 is 0. The van der Waals surface area contributed by atoms with E-state index < -0.39 is 10.1 Å². The van der Waals surface area contributed by atoms with Gasteiger partial charge in [0.25, 0.3) is 0 Å². The van der Waals surface area contributed by atoms with E-state index >= 15 is 0 Å². The number of amides is 1. The fraction of sp³-hybridized carbons (Fsp3) is 0.458. The van der Waals surface area contributed by atoms with Crippen LogP contribution >= 0.6 is 0 Å². The summed E-state index contributed by atoms with van der Waals surface area (Å²) in [7, 11) is -3.56. The topological polar surface area (TPSA) is 63.7 Å². The van der Waals surface area contributed by atoms with Gasteiger partial charge in [-0.05, 0) is 41.0 Å². The molecule has 0 aliphatic rings. The van der Waals surface area contributed by atoms with Gasteiger partial charge in [-0.2, -0.15) is 8.42 Å². The van der Waals surface area contributed by atoms with Gasteiger partial charge in [0, 0.05) is 19.5 Å². The second-order valence-corrected chi connectivity index (χ2v) is 10.8. The Hall–Kier alpha value is -2.34. The minimum absolute atomic E-state index is 0.118. The molecule has 0 radical (unpaired) electrons. The first-order valence-electron chi connectivity index (χ1n) is 10.2. The van der Waals surface area contributed by atoms with Gasteiger partial charge in [0.2, 0.25) is 5.91 Å². The summed E-state index contributed by atoms with van der Waals surface area (Å²) < 4.78 is 27.5. The second kappa shape index (κ2) is 10.1. The van der Waals surface area contributed by atoms with Crippen LogP contribution in [-0.4, -0.2) is 25.5 Å². The average Bonchev–Trinajstić information content (AvgIpc) is 2.60. The highest BCUT2D eigenvalue weighted by Crippen LogP contribution is 2.27. The lowest BCUT2D eigenvalue weighted by Crippen LogP contribution is -2.31. The molecule has 0 saturated carbocycles. The SMILES string of the molecule is C[C@H](CC(=O)N(Cc1ccccc1)Cc1ccc(OS(C)(=O)=O)cc1)CC(C)(C)C. The van der Waals surface area contributed by atoms with Crippen molar-refractivity contribution in [3.8, 4) is 5.75 Å². The molecular formula is C24H33NO4S. The molecule has 0 unspecified atom stereocenters. The van der Waals surface area contributed by atoms with Crippen molar-refractivity contribution >= 4 is 16.0 Å². The van der Waals surface area contributed by atoms with Gasteiger partial charge in [-0.25, -0.2) is 0 Å². The number of nitrogens with zero attached hydrogens (tertiary/aromatic N) is 1. The molecule has 0 spiro atoms. The van der Waals surface area contributed by atoms with E-state index in [4.69, 9.17) is 4.18 Å². The molecule has 2 aromatic carbocycles. The van der Waals surface area contributed by atoms with Crippen LogP contribution < -0.4 is 4.18 Å². The van der Waals surface area contributed by atoms with Gasteiger partial charge in [-0.3, -0.25) is 4.79 Å². The summed E-state index contributed by atoms with van der Waals surface area (Å²) in [4.78, 5) is 15.0. The van der Waals surface area contributed by atoms with Crippen LogP contribution in [0.15, 0.2) is 54.6 Å². The highest BCUT2D eigenvalue weighted by Gasteiger charge is 2.21. The zero-order valence-corrected chi connectivity index (χ0v) is 19.4. The summed E-state index contributed by atoms with van der Waals surface area (Å²) in [6.07, 6.45) is 2.49. The maximum absolute atomic E-state index is 13.1. The minimum atomic E-state index is -3.56. The molecule has 30 heavy (non-hydrogen) atoms. The molecule has 0 fully saturated rings. The molecule has 6 heteroatoms. The molecular weight excluding hydrogens is 398 g/mol. The van der Waals surface area contributed by atoms with Crippen molar-refractivity contribution in [3.05, 3.63) is 65.7 Å². The fourth-order valence-electron chi connectivity index (χ4n) is 3.63. The third kappa shape index (κ3) is 8.99. The van der Waals surface area contributed by atoms with Crippen molar-refractivity contribution in [3.63, 3.8) is 0 Å². The molecule has 0 aromatic heterocycles. The van der Waals surface area contributed by atoms with Crippen LogP contribution in [0.1, 0.15) is 51.7 Å². The molecule has 5 nitrogen and oxygen atoms in total. The molecule has 0 aliphatic heterocycles. The Morgan fingerprint density at radius 3 is 2.00 bits per heavy atom. The molecule has 1 atom stereocenters. The number of hydrogen-bond donors (Lipinski definition) is 0. The van der Waals surface area contributed by atoms with Crippen molar-refractivity contribution in [2.24, 2.45) is 11.3 Å². The van der Waals surface area contributed by atoms with E-state index in [1.54, 1.807) is 24.3 Å². The maximum Gasteiger partial charge on any atom is 0.306 e. The lowest BCUT2D eigenvalue weighted by atomic mass is 9.84. The van der Waals surface area contributed by atoms with Crippen molar-refractivity contribution < 1.29 is 17.4 Å². The largest absolute Gasteiger partial charge is 0.383 e. The monoisotopic (exact) mass is 431 g/mol. The average molecular weight is 432 g/mol. The van der Waals surface area contributed by atoms with E-state index in [0.717, 1.165) is 23.8 Å². The van der Waals surface area contributed by atoms with Crippen molar-refractivity contribution in [1.29, 1.82) is 0 Å². The minimum Gasteiger partial charge on any atom is -0.383 e. The van der Waals surface area contributed by atoms with Crippen LogP contribution in [0.5, 0.6) is 5.75 Å². The van der Waals surface area contributed by atoms with E-state index in [-0.39, 0.29) is 17.1 Å². The first-order valence-corrected chi connectivity index (χ1v) is 12.0. The third-order valence-electron chi connectivity index (χ3n) is 4.60. The summed E-state index contributed by atoms with van der Waals surface area (Å²) in [6.45, 7) is 9.68. The molecule has 1 amide bonds. The Balaban J connectivity index is 2.14. The molecule has 2 aromatic rings. The maximum atomic E-state index is 13.1. The zero-order chi connectivity index (χ0) is 22.4. The Morgan fingerprint density at radius 2 is 1.50 bits per heavy atom. The van der Waals surface area contributed by atoms with E-state index in [1.807, 2.05) is 35.2 Å². The van der Waals surface area contributed by atoms with Crippen LogP contribution in [0.25, 0.3) is 0 Å². The molecule has 164 valence electrons. The zero-order valence-electron chi connectivity index (χ0n) is 18.6. The Kier molecular flexibility index (Phi) is 8.07. The number of rotatable bonds is 9. The van der Waals surface area contributed by atoms with E-state index in [2.05, 4.69) is 27.7 Å². The van der Waals surface area contributed by atoms with Crippen molar-refractivity contribution in [2.75, 3.05) is 6.26 Å². The number of carbonyl (C=O) groups is 1. The predicted molar refractivity (Wildman–Crippen MR) is 120 cm³/mol. The quantitative estimate of drug-likeness (QED) is 0.523. The predicted octanol–water partition coefficient (Wildman–Crippen LogP) is 5.02. The molecule has 0 N–H and O–H groups in total. The smallest absolute Gasteiger partial charge is 0.306 e. The first-order chi connectivity index (χ1) is 13.9. The summed E-state index contributed by atoms with van der Waals surface area (Å²) in [5, 5.41) is 0. The molecule has 0 heterocycles. The summed E-state index contributed by atoms with van der Waals surface area (Å²) in [6, 6.07) is 16.8. The molecule has 0 bridgehead atoms. The normalized spacial score (nSPS) is 13.0. The van der Waals surface area contributed by atoms with Crippen LogP contribution in [-0.2, 0) is 28.0 Å². The first kappa shape index (κ1) is 23.9. The van der Waals surface area contributed by atoms with Crippen molar-refractivity contribution in [1.82, 2.24) is 4.90 Å². The van der Waals surface area contributed by atoms with Crippen LogP contribution in [0.3, 0.4) is 0 Å². The van der Waals surface area contributed by atoms with Gasteiger partial charge < -0.3 is 9.08 Å². The van der Waals surface area contributed by atoms with Crippen LogP contribution in [0.2, 0.25) is 0 Å². The Morgan fingerprint density at radius 1 is 0.967 bits per heavy atom. The van der Waals surface area contributed by atoms with E-state index in [1.165, 1.54) is 0 Å². The molecule has 0 aliphatic carbocycles. The Bertz CT molecular complexity index is 916. The van der Waals surface area contributed by atoms with Gasteiger partial charge in [-0.1, -0.05) is 70.2 Å². The number of benzene rings is 2. The lowest BCUT2D eigenvalue weighted by molar-refractivity contribution is -0.133. The number of carbonyl (C=O) groups excluding carboxylic acids is 1. The lowest BCUT2D eigenvalue weighted by Gasteiger charge is -2.27. The number of hydrogen-bond acceptors (Lipinski definition) is 4. The summed E-state index contributed by atoms with van der Waals surface area (Å²) in [5.41, 5.74) is 2.18. The second-order valence-electron chi connectivity index (χ2n) is 9.24. The van der Waals surface area contributed by atoms with Gasteiger partial charge >= 0.3 is 10.1 Å².